The van der Waals surface area contributed by atoms with Gasteiger partial charge in [-0.05, 0) is 47.7 Å². The second kappa shape index (κ2) is 7.63. The number of hydrogen-bond acceptors (Lipinski definition) is 3. The number of methoxy groups -OCH3 is 1. The van der Waals surface area contributed by atoms with Gasteiger partial charge in [0.1, 0.15) is 0 Å². The van der Waals surface area contributed by atoms with E-state index >= 15 is 0 Å². The number of benzene rings is 1. The highest BCUT2D eigenvalue weighted by molar-refractivity contribution is 7.17. The van der Waals surface area contributed by atoms with Crippen LogP contribution >= 0.6 is 11.3 Å². The molecule has 0 amide bonds. The molecule has 104 valence electrons. The maximum atomic E-state index is 5.03. The largest absolute Gasteiger partial charge is 0.383 e. The van der Waals surface area contributed by atoms with Crippen molar-refractivity contribution in [3.05, 3.63) is 35.2 Å². The smallest absolute Gasteiger partial charge is 0.0587 e. The van der Waals surface area contributed by atoms with Crippen LogP contribution in [0.1, 0.15) is 18.9 Å². The standard InChI is InChI=1S/C16H23NOS/c1-13(11-17-9-10-18-2)7-8-14-12-19-16-6-4-3-5-15(14)16/h3-6,12-13,17H,7-11H2,1-2H3. The summed E-state index contributed by atoms with van der Waals surface area (Å²) in [6, 6.07) is 8.70. The molecule has 3 heteroatoms. The van der Waals surface area contributed by atoms with Crippen LogP contribution in [0.25, 0.3) is 10.1 Å². The van der Waals surface area contributed by atoms with Crippen LogP contribution in [0, 0.1) is 5.92 Å². The average molecular weight is 277 g/mol. The van der Waals surface area contributed by atoms with Gasteiger partial charge in [-0.1, -0.05) is 25.1 Å². The maximum absolute atomic E-state index is 5.03. The van der Waals surface area contributed by atoms with Crippen molar-refractivity contribution in [1.29, 1.82) is 0 Å². The van der Waals surface area contributed by atoms with Gasteiger partial charge in [0, 0.05) is 18.4 Å². The minimum Gasteiger partial charge on any atom is -0.383 e. The van der Waals surface area contributed by atoms with Crippen molar-refractivity contribution in [2.75, 3.05) is 26.8 Å². The molecule has 0 spiro atoms. The first-order valence-corrected chi connectivity index (χ1v) is 7.84. The fourth-order valence-corrected chi connectivity index (χ4v) is 3.25. The Bertz CT molecular complexity index is 494. The van der Waals surface area contributed by atoms with E-state index in [0.717, 1.165) is 19.7 Å². The quantitative estimate of drug-likeness (QED) is 0.743. The van der Waals surface area contributed by atoms with Gasteiger partial charge in [0.15, 0.2) is 0 Å². The normalized spacial score (nSPS) is 12.9. The molecule has 0 aliphatic heterocycles. The van der Waals surface area contributed by atoms with E-state index < -0.39 is 0 Å². The summed E-state index contributed by atoms with van der Waals surface area (Å²) in [5, 5.41) is 7.18. The number of fused-ring (bicyclic) bond motifs is 1. The summed E-state index contributed by atoms with van der Waals surface area (Å²) in [5.41, 5.74) is 1.50. The fraction of sp³-hybridized carbons (Fsp3) is 0.500. The summed E-state index contributed by atoms with van der Waals surface area (Å²) < 4.78 is 6.44. The van der Waals surface area contributed by atoms with E-state index in [4.69, 9.17) is 4.74 Å². The first-order valence-electron chi connectivity index (χ1n) is 6.96. The van der Waals surface area contributed by atoms with Crippen molar-refractivity contribution in [2.24, 2.45) is 5.92 Å². The van der Waals surface area contributed by atoms with Gasteiger partial charge in [-0.15, -0.1) is 11.3 Å². The van der Waals surface area contributed by atoms with Crippen molar-refractivity contribution < 1.29 is 4.74 Å². The lowest BCUT2D eigenvalue weighted by Crippen LogP contribution is -2.25. The van der Waals surface area contributed by atoms with E-state index in [1.165, 1.54) is 28.5 Å². The summed E-state index contributed by atoms with van der Waals surface area (Å²) in [5.74, 6) is 0.704. The minimum absolute atomic E-state index is 0.704. The Morgan fingerprint density at radius 1 is 1.32 bits per heavy atom. The van der Waals surface area contributed by atoms with E-state index in [1.807, 2.05) is 11.3 Å². The zero-order chi connectivity index (χ0) is 13.5. The van der Waals surface area contributed by atoms with Gasteiger partial charge in [0.25, 0.3) is 0 Å². The Balaban J connectivity index is 1.78. The van der Waals surface area contributed by atoms with Gasteiger partial charge in [-0.3, -0.25) is 0 Å². The molecule has 0 aliphatic rings. The lowest BCUT2D eigenvalue weighted by Gasteiger charge is -2.12. The van der Waals surface area contributed by atoms with E-state index in [9.17, 15) is 0 Å². The first-order chi connectivity index (χ1) is 9.31. The monoisotopic (exact) mass is 277 g/mol. The number of thiophene rings is 1. The van der Waals surface area contributed by atoms with Crippen molar-refractivity contribution in [3.63, 3.8) is 0 Å². The molecule has 1 aromatic heterocycles. The topological polar surface area (TPSA) is 21.3 Å². The molecule has 19 heavy (non-hydrogen) atoms. The van der Waals surface area contributed by atoms with Gasteiger partial charge >= 0.3 is 0 Å². The zero-order valence-corrected chi connectivity index (χ0v) is 12.6. The zero-order valence-electron chi connectivity index (χ0n) is 11.8. The van der Waals surface area contributed by atoms with Crippen LogP contribution in [0.5, 0.6) is 0 Å². The molecule has 0 fully saturated rings. The molecule has 0 saturated carbocycles. The minimum atomic E-state index is 0.704. The molecule has 1 heterocycles. The van der Waals surface area contributed by atoms with Gasteiger partial charge < -0.3 is 10.1 Å². The number of rotatable bonds is 8. The number of hydrogen-bond donors (Lipinski definition) is 1. The van der Waals surface area contributed by atoms with E-state index in [0.29, 0.717) is 5.92 Å². The Morgan fingerprint density at radius 2 is 2.16 bits per heavy atom. The fourth-order valence-electron chi connectivity index (χ4n) is 2.25. The molecule has 1 unspecified atom stereocenters. The van der Waals surface area contributed by atoms with Crippen LogP contribution in [0.3, 0.4) is 0 Å². The third kappa shape index (κ3) is 4.30. The van der Waals surface area contributed by atoms with Crippen molar-refractivity contribution >= 4 is 21.4 Å². The number of ether oxygens (including phenoxy) is 1. The summed E-state index contributed by atoms with van der Waals surface area (Å²) in [6.07, 6.45) is 2.41. The van der Waals surface area contributed by atoms with Crippen molar-refractivity contribution in [3.8, 4) is 0 Å². The molecule has 1 aromatic carbocycles. The van der Waals surface area contributed by atoms with Crippen LogP contribution in [0.15, 0.2) is 29.6 Å². The van der Waals surface area contributed by atoms with Crippen molar-refractivity contribution in [2.45, 2.75) is 19.8 Å². The molecule has 2 rings (SSSR count). The highest BCUT2D eigenvalue weighted by atomic mass is 32.1. The summed E-state index contributed by atoms with van der Waals surface area (Å²) >= 11 is 1.86. The Morgan fingerprint density at radius 3 is 3.00 bits per heavy atom. The highest BCUT2D eigenvalue weighted by Gasteiger charge is 2.06. The Hall–Kier alpha value is -0.900. The molecular weight excluding hydrogens is 254 g/mol. The third-order valence-electron chi connectivity index (χ3n) is 3.44. The van der Waals surface area contributed by atoms with Crippen LogP contribution in [-0.4, -0.2) is 26.8 Å². The highest BCUT2D eigenvalue weighted by Crippen LogP contribution is 2.27. The SMILES string of the molecule is COCCNCC(C)CCc1csc2ccccc12. The molecule has 1 N–H and O–H groups in total. The summed E-state index contributed by atoms with van der Waals surface area (Å²) in [7, 11) is 1.74. The van der Waals surface area contributed by atoms with Crippen LogP contribution in [-0.2, 0) is 11.2 Å². The molecule has 0 aliphatic carbocycles. The van der Waals surface area contributed by atoms with Crippen LogP contribution < -0.4 is 5.32 Å². The van der Waals surface area contributed by atoms with Gasteiger partial charge in [-0.25, -0.2) is 0 Å². The van der Waals surface area contributed by atoms with Gasteiger partial charge in [-0.2, -0.15) is 0 Å². The predicted molar refractivity (Wildman–Crippen MR) is 84.1 cm³/mol. The average Bonchev–Trinajstić information content (AvgIpc) is 2.85. The second-order valence-electron chi connectivity index (χ2n) is 5.10. The van der Waals surface area contributed by atoms with E-state index in [-0.39, 0.29) is 0 Å². The molecular formula is C16H23NOS. The van der Waals surface area contributed by atoms with E-state index in [2.05, 4.69) is 41.9 Å². The van der Waals surface area contributed by atoms with Gasteiger partial charge in [0.2, 0.25) is 0 Å². The molecule has 0 bridgehead atoms. The maximum Gasteiger partial charge on any atom is 0.0587 e. The van der Waals surface area contributed by atoms with E-state index in [1.54, 1.807) is 7.11 Å². The second-order valence-corrected chi connectivity index (χ2v) is 6.01. The first kappa shape index (κ1) is 14.5. The van der Waals surface area contributed by atoms with Crippen LogP contribution in [0.2, 0.25) is 0 Å². The molecule has 1 atom stereocenters. The number of aryl methyl sites for hydroxylation is 1. The Kier molecular flexibility index (Phi) is 5.83. The number of nitrogens with one attached hydrogen (secondary N) is 1. The molecule has 2 aromatic rings. The van der Waals surface area contributed by atoms with Crippen molar-refractivity contribution in [1.82, 2.24) is 5.32 Å². The molecule has 0 saturated heterocycles. The summed E-state index contributed by atoms with van der Waals surface area (Å²) in [6.45, 7) is 5.13. The lowest BCUT2D eigenvalue weighted by molar-refractivity contribution is 0.198. The summed E-state index contributed by atoms with van der Waals surface area (Å²) in [4.78, 5) is 0. The Labute approximate surface area is 119 Å². The molecule has 2 nitrogen and oxygen atoms in total. The van der Waals surface area contributed by atoms with Crippen LogP contribution in [0.4, 0.5) is 0 Å². The van der Waals surface area contributed by atoms with Gasteiger partial charge in [0.05, 0.1) is 6.61 Å². The molecule has 0 radical (unpaired) electrons. The third-order valence-corrected chi connectivity index (χ3v) is 4.46. The lowest BCUT2D eigenvalue weighted by atomic mass is 10.0. The predicted octanol–water partition coefficient (Wildman–Crippen LogP) is 3.71.